The minimum Gasteiger partial charge on any atom is -0.321 e. The topological polar surface area (TPSA) is 46.9 Å². The van der Waals surface area contributed by atoms with Gasteiger partial charge in [0, 0.05) is 6.20 Å². The van der Waals surface area contributed by atoms with E-state index in [1.165, 1.54) is 6.20 Å². The zero-order chi connectivity index (χ0) is 15.5. The van der Waals surface area contributed by atoms with E-state index >= 15 is 0 Å². The Bertz CT molecular complexity index is 812. The highest BCUT2D eigenvalue weighted by Gasteiger charge is 2.11. The number of rotatable bonds is 3. The van der Waals surface area contributed by atoms with Crippen molar-refractivity contribution in [1.29, 1.82) is 0 Å². The number of amides is 1. The molecule has 0 bridgehead atoms. The van der Waals surface area contributed by atoms with Gasteiger partial charge in [-0.1, -0.05) is 35.9 Å². The number of aryl methyl sites for hydroxylation is 1. The molecule has 0 fully saturated rings. The Kier molecular flexibility index (Phi) is 3.94. The Morgan fingerprint density at radius 1 is 1.18 bits per heavy atom. The van der Waals surface area contributed by atoms with Gasteiger partial charge in [-0.2, -0.15) is 5.10 Å². The van der Waals surface area contributed by atoms with Crippen molar-refractivity contribution < 1.29 is 4.79 Å². The highest BCUT2D eigenvalue weighted by molar-refractivity contribution is 6.34. The maximum Gasteiger partial charge on any atom is 0.258 e. The first-order valence-electron chi connectivity index (χ1n) is 6.81. The maximum atomic E-state index is 12.3. The SMILES string of the molecule is Cc1ccc(NC(=O)c2cnn(-c3ccccc3)c2)c(Cl)c1. The molecule has 0 atom stereocenters. The lowest BCUT2D eigenvalue weighted by atomic mass is 10.2. The van der Waals surface area contributed by atoms with Gasteiger partial charge in [0.15, 0.2) is 0 Å². The molecule has 0 saturated heterocycles. The van der Waals surface area contributed by atoms with Crippen LogP contribution in [0.3, 0.4) is 0 Å². The third kappa shape index (κ3) is 3.02. The van der Waals surface area contributed by atoms with Crippen LogP contribution < -0.4 is 5.32 Å². The van der Waals surface area contributed by atoms with Gasteiger partial charge in [0.25, 0.3) is 5.91 Å². The molecule has 22 heavy (non-hydrogen) atoms. The second-order valence-electron chi connectivity index (χ2n) is 4.95. The van der Waals surface area contributed by atoms with Gasteiger partial charge in [-0.05, 0) is 36.8 Å². The maximum absolute atomic E-state index is 12.3. The first-order chi connectivity index (χ1) is 10.6. The summed E-state index contributed by atoms with van der Waals surface area (Å²) in [6.45, 7) is 1.95. The largest absolute Gasteiger partial charge is 0.321 e. The summed E-state index contributed by atoms with van der Waals surface area (Å²) < 4.78 is 1.66. The Labute approximate surface area is 133 Å². The van der Waals surface area contributed by atoms with Gasteiger partial charge < -0.3 is 5.32 Å². The summed E-state index contributed by atoms with van der Waals surface area (Å²) in [4.78, 5) is 12.3. The van der Waals surface area contributed by atoms with Crippen LogP contribution in [0.15, 0.2) is 60.9 Å². The van der Waals surface area contributed by atoms with Crippen LogP contribution in [0.1, 0.15) is 15.9 Å². The normalized spacial score (nSPS) is 10.5. The molecule has 0 aliphatic heterocycles. The van der Waals surface area contributed by atoms with Gasteiger partial charge in [0.1, 0.15) is 0 Å². The third-order valence-corrected chi connectivity index (χ3v) is 3.55. The molecule has 0 aliphatic rings. The predicted molar refractivity (Wildman–Crippen MR) is 87.7 cm³/mol. The number of para-hydroxylation sites is 1. The van der Waals surface area contributed by atoms with Crippen LogP contribution in [0.4, 0.5) is 5.69 Å². The summed E-state index contributed by atoms with van der Waals surface area (Å²) >= 11 is 6.13. The number of aromatic nitrogens is 2. The van der Waals surface area contributed by atoms with E-state index in [1.807, 2.05) is 49.4 Å². The number of carbonyl (C=O) groups excluding carboxylic acids is 1. The average Bonchev–Trinajstić information content (AvgIpc) is 3.01. The fraction of sp³-hybridized carbons (Fsp3) is 0.0588. The number of nitrogens with zero attached hydrogens (tertiary/aromatic N) is 2. The molecule has 0 radical (unpaired) electrons. The standard InChI is InChI=1S/C17H14ClN3O/c1-12-7-8-16(15(18)9-12)20-17(22)13-10-19-21(11-13)14-5-3-2-4-6-14/h2-11H,1H3,(H,20,22). The van der Waals surface area contributed by atoms with E-state index < -0.39 is 0 Å². The van der Waals surface area contributed by atoms with E-state index in [2.05, 4.69) is 10.4 Å². The van der Waals surface area contributed by atoms with E-state index in [0.717, 1.165) is 11.3 Å². The van der Waals surface area contributed by atoms with Crippen LogP contribution in [0.2, 0.25) is 5.02 Å². The smallest absolute Gasteiger partial charge is 0.258 e. The van der Waals surface area contributed by atoms with Gasteiger partial charge in [0.05, 0.1) is 28.2 Å². The average molecular weight is 312 g/mol. The first-order valence-corrected chi connectivity index (χ1v) is 7.19. The molecule has 5 heteroatoms. The van der Waals surface area contributed by atoms with Crippen molar-refractivity contribution in [2.45, 2.75) is 6.92 Å². The fourth-order valence-electron chi connectivity index (χ4n) is 2.08. The van der Waals surface area contributed by atoms with Crippen molar-refractivity contribution in [3.63, 3.8) is 0 Å². The summed E-state index contributed by atoms with van der Waals surface area (Å²) in [6.07, 6.45) is 3.22. The summed E-state index contributed by atoms with van der Waals surface area (Å²) in [5.74, 6) is -0.243. The van der Waals surface area contributed by atoms with Gasteiger partial charge >= 0.3 is 0 Å². The number of hydrogen-bond acceptors (Lipinski definition) is 2. The molecule has 0 spiro atoms. The lowest BCUT2D eigenvalue weighted by molar-refractivity contribution is 0.102. The minimum atomic E-state index is -0.243. The van der Waals surface area contributed by atoms with Crippen molar-refractivity contribution in [2.75, 3.05) is 5.32 Å². The van der Waals surface area contributed by atoms with Crippen molar-refractivity contribution in [3.8, 4) is 5.69 Å². The summed E-state index contributed by atoms with van der Waals surface area (Å²) in [5, 5.41) is 7.52. The summed E-state index contributed by atoms with van der Waals surface area (Å²) in [7, 11) is 0. The summed E-state index contributed by atoms with van der Waals surface area (Å²) in [6, 6.07) is 15.1. The number of carbonyl (C=O) groups is 1. The van der Waals surface area contributed by atoms with Gasteiger partial charge in [0.2, 0.25) is 0 Å². The Morgan fingerprint density at radius 3 is 2.68 bits per heavy atom. The van der Waals surface area contributed by atoms with Crippen LogP contribution >= 0.6 is 11.6 Å². The quantitative estimate of drug-likeness (QED) is 0.792. The second-order valence-corrected chi connectivity index (χ2v) is 5.35. The van der Waals surface area contributed by atoms with Crippen LogP contribution in [0.25, 0.3) is 5.69 Å². The van der Waals surface area contributed by atoms with Crippen molar-refractivity contribution in [3.05, 3.63) is 77.1 Å². The Balaban J connectivity index is 1.80. The second kappa shape index (κ2) is 6.03. The van der Waals surface area contributed by atoms with E-state index in [9.17, 15) is 4.79 Å². The van der Waals surface area contributed by atoms with Crippen molar-refractivity contribution >= 4 is 23.2 Å². The molecule has 3 rings (SSSR count). The van der Waals surface area contributed by atoms with E-state index in [0.29, 0.717) is 16.3 Å². The molecular formula is C17H14ClN3O. The molecule has 1 aromatic heterocycles. The third-order valence-electron chi connectivity index (χ3n) is 3.24. The van der Waals surface area contributed by atoms with E-state index in [-0.39, 0.29) is 5.91 Å². The Morgan fingerprint density at radius 2 is 1.95 bits per heavy atom. The highest BCUT2D eigenvalue weighted by atomic mass is 35.5. The molecule has 0 saturated carbocycles. The monoisotopic (exact) mass is 311 g/mol. The van der Waals surface area contributed by atoms with Crippen molar-refractivity contribution in [1.82, 2.24) is 9.78 Å². The van der Waals surface area contributed by atoms with Crippen LogP contribution in [0, 0.1) is 6.92 Å². The number of benzene rings is 2. The molecule has 1 amide bonds. The minimum absolute atomic E-state index is 0.243. The molecule has 4 nitrogen and oxygen atoms in total. The van der Waals surface area contributed by atoms with Crippen LogP contribution in [-0.4, -0.2) is 15.7 Å². The highest BCUT2D eigenvalue weighted by Crippen LogP contribution is 2.23. The molecule has 1 heterocycles. The molecule has 3 aromatic rings. The number of nitrogens with one attached hydrogen (secondary N) is 1. The zero-order valence-corrected chi connectivity index (χ0v) is 12.7. The number of hydrogen-bond donors (Lipinski definition) is 1. The van der Waals surface area contributed by atoms with Crippen LogP contribution in [-0.2, 0) is 0 Å². The Hall–Kier alpha value is -2.59. The van der Waals surface area contributed by atoms with Gasteiger partial charge in [-0.3, -0.25) is 4.79 Å². The lowest BCUT2D eigenvalue weighted by Gasteiger charge is -2.06. The molecular weight excluding hydrogens is 298 g/mol. The molecule has 1 N–H and O–H groups in total. The van der Waals surface area contributed by atoms with Gasteiger partial charge in [-0.25, -0.2) is 4.68 Å². The van der Waals surface area contributed by atoms with E-state index in [1.54, 1.807) is 16.9 Å². The van der Waals surface area contributed by atoms with E-state index in [4.69, 9.17) is 11.6 Å². The first kappa shape index (κ1) is 14.4. The molecule has 2 aromatic carbocycles. The molecule has 0 unspecified atom stereocenters. The summed E-state index contributed by atoms with van der Waals surface area (Å²) in [5.41, 5.74) is 3.00. The number of anilines is 1. The predicted octanol–water partition coefficient (Wildman–Crippen LogP) is 4.09. The molecule has 110 valence electrons. The fourth-order valence-corrected chi connectivity index (χ4v) is 2.36. The number of halogens is 1. The van der Waals surface area contributed by atoms with Gasteiger partial charge in [-0.15, -0.1) is 0 Å². The zero-order valence-electron chi connectivity index (χ0n) is 12.0. The molecule has 0 aliphatic carbocycles. The van der Waals surface area contributed by atoms with Crippen molar-refractivity contribution in [2.24, 2.45) is 0 Å². The lowest BCUT2D eigenvalue weighted by Crippen LogP contribution is -2.11. The van der Waals surface area contributed by atoms with Crippen LogP contribution in [0.5, 0.6) is 0 Å².